The van der Waals surface area contributed by atoms with Gasteiger partial charge in [0.15, 0.2) is 0 Å². The molecule has 20 heavy (non-hydrogen) atoms. The van der Waals surface area contributed by atoms with E-state index in [-0.39, 0.29) is 6.61 Å². The molecule has 2 heteroatoms. The minimum Gasteiger partial charge on any atom is -0.394 e. The van der Waals surface area contributed by atoms with Crippen LogP contribution in [0.4, 0.5) is 0 Å². The lowest BCUT2D eigenvalue weighted by Gasteiger charge is -2.11. The first-order valence-corrected chi connectivity index (χ1v) is 7.01. The van der Waals surface area contributed by atoms with Crippen LogP contribution in [0.3, 0.4) is 0 Å². The van der Waals surface area contributed by atoms with E-state index in [4.69, 9.17) is 5.11 Å². The van der Waals surface area contributed by atoms with Gasteiger partial charge < -0.3 is 10.2 Å². The molecular weight excluding hydrogens is 248 g/mol. The molecule has 0 aliphatic heterocycles. The Bertz CT molecular complexity index is 558. The SMILES string of the molecule is Cc1ccc(Cc2cc(C[C@H](O)CO)ccc2C)cc1. The summed E-state index contributed by atoms with van der Waals surface area (Å²) in [7, 11) is 0. The fourth-order valence-corrected chi connectivity index (χ4v) is 2.30. The Balaban J connectivity index is 2.18. The summed E-state index contributed by atoms with van der Waals surface area (Å²) < 4.78 is 0. The summed E-state index contributed by atoms with van der Waals surface area (Å²) in [6.07, 6.45) is 0.720. The van der Waals surface area contributed by atoms with E-state index in [0.29, 0.717) is 6.42 Å². The maximum absolute atomic E-state index is 9.54. The summed E-state index contributed by atoms with van der Waals surface area (Å²) in [5, 5.41) is 18.5. The van der Waals surface area contributed by atoms with Crippen LogP contribution in [-0.4, -0.2) is 22.9 Å². The van der Waals surface area contributed by atoms with Crippen LogP contribution >= 0.6 is 0 Å². The molecule has 0 aromatic heterocycles. The largest absolute Gasteiger partial charge is 0.394 e. The summed E-state index contributed by atoms with van der Waals surface area (Å²) in [6, 6.07) is 14.8. The number of hydrogen-bond donors (Lipinski definition) is 2. The first-order valence-electron chi connectivity index (χ1n) is 7.01. The van der Waals surface area contributed by atoms with Gasteiger partial charge in [-0.15, -0.1) is 0 Å². The third kappa shape index (κ3) is 3.92. The summed E-state index contributed by atoms with van der Waals surface area (Å²) in [4.78, 5) is 0. The van der Waals surface area contributed by atoms with Crippen molar-refractivity contribution < 1.29 is 10.2 Å². The molecule has 2 aromatic rings. The van der Waals surface area contributed by atoms with Crippen molar-refractivity contribution in [1.29, 1.82) is 0 Å². The second-order valence-electron chi connectivity index (χ2n) is 5.46. The van der Waals surface area contributed by atoms with E-state index in [2.05, 4.69) is 50.2 Å². The lowest BCUT2D eigenvalue weighted by molar-refractivity contribution is 0.0955. The zero-order valence-corrected chi connectivity index (χ0v) is 12.1. The van der Waals surface area contributed by atoms with Crippen molar-refractivity contribution in [3.8, 4) is 0 Å². The van der Waals surface area contributed by atoms with Gasteiger partial charge in [-0.3, -0.25) is 0 Å². The van der Waals surface area contributed by atoms with Gasteiger partial charge in [-0.25, -0.2) is 0 Å². The van der Waals surface area contributed by atoms with Gasteiger partial charge in [0.05, 0.1) is 12.7 Å². The lowest BCUT2D eigenvalue weighted by Crippen LogP contribution is -2.15. The van der Waals surface area contributed by atoms with Gasteiger partial charge in [-0.2, -0.15) is 0 Å². The van der Waals surface area contributed by atoms with Gasteiger partial charge in [0.2, 0.25) is 0 Å². The first-order chi connectivity index (χ1) is 9.58. The Morgan fingerprint density at radius 3 is 2.25 bits per heavy atom. The molecule has 0 aliphatic carbocycles. The normalized spacial score (nSPS) is 12.4. The monoisotopic (exact) mass is 270 g/mol. The summed E-state index contributed by atoms with van der Waals surface area (Å²) in [5.74, 6) is 0. The highest BCUT2D eigenvalue weighted by Crippen LogP contribution is 2.17. The van der Waals surface area contributed by atoms with Crippen LogP contribution in [0.25, 0.3) is 0 Å². The van der Waals surface area contributed by atoms with E-state index in [1.807, 2.05) is 6.07 Å². The second kappa shape index (κ2) is 6.69. The average Bonchev–Trinajstić information content (AvgIpc) is 2.45. The molecule has 0 fully saturated rings. The smallest absolute Gasteiger partial charge is 0.0811 e. The maximum Gasteiger partial charge on any atom is 0.0811 e. The predicted molar refractivity (Wildman–Crippen MR) is 82.0 cm³/mol. The number of aliphatic hydroxyl groups excluding tert-OH is 2. The molecule has 2 N–H and O–H groups in total. The summed E-state index contributed by atoms with van der Waals surface area (Å²) >= 11 is 0. The topological polar surface area (TPSA) is 40.5 Å². The van der Waals surface area contributed by atoms with E-state index in [9.17, 15) is 5.11 Å². The standard InChI is InChI=1S/C18H22O2/c1-13-3-6-15(7-4-13)9-17-10-16(8-5-14(17)2)11-18(20)12-19/h3-8,10,18-20H,9,11-12H2,1-2H3/t18-/m0/s1. The summed E-state index contributed by atoms with van der Waals surface area (Å²) in [5.41, 5.74) is 6.16. The Labute approximate surface area is 120 Å². The van der Waals surface area contributed by atoms with Gasteiger partial charge in [-0.05, 0) is 42.5 Å². The van der Waals surface area contributed by atoms with Crippen molar-refractivity contribution in [2.45, 2.75) is 32.8 Å². The maximum atomic E-state index is 9.54. The first kappa shape index (κ1) is 14.8. The minimum atomic E-state index is -0.676. The van der Waals surface area contributed by atoms with Crippen molar-refractivity contribution in [2.75, 3.05) is 6.61 Å². The summed E-state index contributed by atoms with van der Waals surface area (Å²) in [6.45, 7) is 4.00. The fraction of sp³-hybridized carbons (Fsp3) is 0.333. The zero-order valence-electron chi connectivity index (χ0n) is 12.1. The number of hydrogen-bond acceptors (Lipinski definition) is 2. The molecule has 0 radical (unpaired) electrons. The average molecular weight is 270 g/mol. The molecule has 0 bridgehead atoms. The predicted octanol–water partition coefficient (Wildman–Crippen LogP) is 2.79. The fourth-order valence-electron chi connectivity index (χ4n) is 2.30. The van der Waals surface area contributed by atoms with Crippen molar-refractivity contribution in [3.05, 3.63) is 70.3 Å². The Kier molecular flexibility index (Phi) is 4.94. The van der Waals surface area contributed by atoms with Crippen molar-refractivity contribution in [1.82, 2.24) is 0 Å². The molecule has 0 unspecified atom stereocenters. The molecule has 0 saturated carbocycles. The van der Waals surface area contributed by atoms with E-state index >= 15 is 0 Å². The third-order valence-corrected chi connectivity index (χ3v) is 3.61. The second-order valence-corrected chi connectivity index (χ2v) is 5.46. The lowest BCUT2D eigenvalue weighted by atomic mass is 9.96. The van der Waals surface area contributed by atoms with Crippen molar-refractivity contribution in [3.63, 3.8) is 0 Å². The van der Waals surface area contributed by atoms with Gasteiger partial charge in [-0.1, -0.05) is 48.0 Å². The van der Waals surface area contributed by atoms with Crippen LogP contribution < -0.4 is 0 Å². The van der Waals surface area contributed by atoms with Gasteiger partial charge >= 0.3 is 0 Å². The molecule has 106 valence electrons. The third-order valence-electron chi connectivity index (χ3n) is 3.61. The Morgan fingerprint density at radius 2 is 1.60 bits per heavy atom. The van der Waals surface area contributed by atoms with Gasteiger partial charge in [0.1, 0.15) is 0 Å². The van der Waals surface area contributed by atoms with Crippen LogP contribution in [-0.2, 0) is 12.8 Å². The molecular formula is C18H22O2. The molecule has 2 aromatic carbocycles. The quantitative estimate of drug-likeness (QED) is 0.877. The number of rotatable bonds is 5. The Hall–Kier alpha value is -1.64. The minimum absolute atomic E-state index is 0.193. The molecule has 0 spiro atoms. The van der Waals surface area contributed by atoms with Crippen molar-refractivity contribution >= 4 is 0 Å². The molecule has 0 heterocycles. The van der Waals surface area contributed by atoms with Crippen LogP contribution in [0, 0.1) is 13.8 Å². The highest BCUT2D eigenvalue weighted by Gasteiger charge is 2.07. The van der Waals surface area contributed by atoms with Crippen LogP contribution in [0.5, 0.6) is 0 Å². The number of benzene rings is 2. The molecule has 0 saturated heterocycles. The molecule has 2 rings (SSSR count). The highest BCUT2D eigenvalue weighted by atomic mass is 16.3. The number of aryl methyl sites for hydroxylation is 2. The highest BCUT2D eigenvalue weighted by molar-refractivity contribution is 5.36. The van der Waals surface area contributed by atoms with Crippen LogP contribution in [0.15, 0.2) is 42.5 Å². The van der Waals surface area contributed by atoms with E-state index in [1.54, 1.807) is 0 Å². The number of aliphatic hydroxyl groups is 2. The Morgan fingerprint density at radius 1 is 0.950 bits per heavy atom. The van der Waals surface area contributed by atoms with E-state index in [0.717, 1.165) is 12.0 Å². The van der Waals surface area contributed by atoms with Crippen LogP contribution in [0.2, 0.25) is 0 Å². The molecule has 1 atom stereocenters. The molecule has 0 amide bonds. The van der Waals surface area contributed by atoms with E-state index in [1.165, 1.54) is 22.3 Å². The molecule has 0 aliphatic rings. The van der Waals surface area contributed by atoms with Crippen molar-refractivity contribution in [2.24, 2.45) is 0 Å². The zero-order chi connectivity index (χ0) is 14.5. The van der Waals surface area contributed by atoms with Gasteiger partial charge in [0, 0.05) is 6.42 Å². The van der Waals surface area contributed by atoms with E-state index < -0.39 is 6.10 Å². The van der Waals surface area contributed by atoms with Gasteiger partial charge in [0.25, 0.3) is 0 Å². The molecule has 2 nitrogen and oxygen atoms in total. The van der Waals surface area contributed by atoms with Crippen LogP contribution in [0.1, 0.15) is 27.8 Å².